The van der Waals surface area contributed by atoms with Crippen LogP contribution < -0.4 is 4.90 Å². The quantitative estimate of drug-likeness (QED) is 0.442. The SMILES string of the molecule is Cc1ccc(N2C(=O)CC[C@@H](c3nc(Cc4cccnc4)no3)[C@@H]2c2cccs2)cc1. The van der Waals surface area contributed by atoms with E-state index in [9.17, 15) is 4.79 Å². The smallest absolute Gasteiger partial charge is 0.232 e. The summed E-state index contributed by atoms with van der Waals surface area (Å²) in [6.07, 6.45) is 5.24. The first kappa shape index (κ1) is 19.6. The van der Waals surface area contributed by atoms with Crippen molar-refractivity contribution in [3.05, 3.63) is 94.0 Å². The Morgan fingerprint density at radius 2 is 2.03 bits per heavy atom. The normalized spacial score (nSPS) is 19.0. The van der Waals surface area contributed by atoms with E-state index in [-0.39, 0.29) is 17.9 Å². The summed E-state index contributed by atoms with van der Waals surface area (Å²) in [5, 5.41) is 6.26. The second kappa shape index (κ2) is 8.43. The molecule has 4 aromatic rings. The molecular formula is C24H22N4O2S. The average molecular weight is 431 g/mol. The third kappa shape index (κ3) is 4.01. The van der Waals surface area contributed by atoms with Gasteiger partial charge in [-0.1, -0.05) is 35.0 Å². The molecule has 1 fully saturated rings. The van der Waals surface area contributed by atoms with E-state index in [1.807, 2.05) is 65.9 Å². The molecule has 0 bridgehead atoms. The summed E-state index contributed by atoms with van der Waals surface area (Å²) in [4.78, 5) is 25.0. The lowest BCUT2D eigenvalue weighted by molar-refractivity contribution is -0.120. The van der Waals surface area contributed by atoms with Gasteiger partial charge in [0.1, 0.15) is 0 Å². The molecule has 5 rings (SSSR count). The fourth-order valence-electron chi connectivity index (χ4n) is 4.12. The van der Waals surface area contributed by atoms with E-state index < -0.39 is 0 Å². The van der Waals surface area contributed by atoms with Gasteiger partial charge in [-0.3, -0.25) is 9.78 Å². The van der Waals surface area contributed by atoms with Gasteiger partial charge in [-0.15, -0.1) is 11.3 Å². The number of hydrogen-bond acceptors (Lipinski definition) is 6. The zero-order valence-corrected chi connectivity index (χ0v) is 18.0. The number of nitrogens with zero attached hydrogens (tertiary/aromatic N) is 4. The van der Waals surface area contributed by atoms with E-state index in [1.165, 1.54) is 0 Å². The van der Waals surface area contributed by atoms with Crippen LogP contribution in [0, 0.1) is 6.92 Å². The van der Waals surface area contributed by atoms with Crippen LogP contribution in [0.15, 0.2) is 70.8 Å². The lowest BCUT2D eigenvalue weighted by atomic mass is 9.87. The Balaban J connectivity index is 1.50. The molecule has 0 unspecified atom stereocenters. The Labute approximate surface area is 184 Å². The van der Waals surface area contributed by atoms with Gasteiger partial charge in [-0.25, -0.2) is 0 Å². The van der Waals surface area contributed by atoms with Gasteiger partial charge in [0, 0.05) is 35.8 Å². The number of thiophene rings is 1. The molecule has 6 nitrogen and oxygen atoms in total. The number of aryl methyl sites for hydroxylation is 1. The molecule has 0 spiro atoms. The van der Waals surface area contributed by atoms with Crippen LogP contribution in [0.3, 0.4) is 0 Å². The number of aromatic nitrogens is 3. The second-order valence-corrected chi connectivity index (χ2v) is 8.77. The van der Waals surface area contributed by atoms with Crippen LogP contribution in [0.2, 0.25) is 0 Å². The largest absolute Gasteiger partial charge is 0.339 e. The molecule has 1 amide bonds. The van der Waals surface area contributed by atoms with E-state index >= 15 is 0 Å². The molecule has 1 aliphatic heterocycles. The number of carbonyl (C=O) groups is 1. The van der Waals surface area contributed by atoms with Gasteiger partial charge in [-0.05, 0) is 48.6 Å². The number of rotatable bonds is 5. The monoisotopic (exact) mass is 430 g/mol. The van der Waals surface area contributed by atoms with Gasteiger partial charge in [0.15, 0.2) is 5.82 Å². The number of benzene rings is 1. The summed E-state index contributed by atoms with van der Waals surface area (Å²) in [6, 6.07) is 15.9. The predicted molar refractivity (Wildman–Crippen MR) is 119 cm³/mol. The molecule has 1 saturated heterocycles. The minimum Gasteiger partial charge on any atom is -0.339 e. The molecule has 0 N–H and O–H groups in total. The van der Waals surface area contributed by atoms with Gasteiger partial charge < -0.3 is 9.42 Å². The number of carbonyl (C=O) groups excluding carboxylic acids is 1. The van der Waals surface area contributed by atoms with Crippen LogP contribution in [-0.2, 0) is 11.2 Å². The Morgan fingerprint density at radius 1 is 1.16 bits per heavy atom. The standard InChI is InChI=1S/C24H22N4O2S/c1-16-6-8-18(9-7-16)28-22(29)11-10-19(23(28)20-5-3-13-31-20)24-26-21(27-30-24)14-17-4-2-12-25-15-17/h2-9,12-13,15,19,23H,10-11,14H2,1H3/t19-,23-/m1/s1. The van der Waals surface area contributed by atoms with E-state index in [4.69, 9.17) is 9.51 Å². The fraction of sp³-hybridized carbons (Fsp3) is 0.250. The Kier molecular flexibility index (Phi) is 5.34. The molecule has 31 heavy (non-hydrogen) atoms. The highest BCUT2D eigenvalue weighted by Crippen LogP contribution is 2.46. The molecule has 156 valence electrons. The van der Waals surface area contributed by atoms with Crippen LogP contribution in [0.5, 0.6) is 0 Å². The van der Waals surface area contributed by atoms with Crippen molar-refractivity contribution < 1.29 is 9.32 Å². The van der Waals surface area contributed by atoms with E-state index in [0.29, 0.717) is 31.0 Å². The zero-order valence-electron chi connectivity index (χ0n) is 17.1. The number of amides is 1. The summed E-state index contributed by atoms with van der Waals surface area (Å²) in [5.41, 5.74) is 3.09. The minimum absolute atomic E-state index is 0.0622. The number of pyridine rings is 1. The lowest BCUT2D eigenvalue weighted by Crippen LogP contribution is -2.42. The summed E-state index contributed by atoms with van der Waals surface area (Å²) >= 11 is 1.65. The second-order valence-electron chi connectivity index (χ2n) is 7.79. The van der Waals surface area contributed by atoms with Crippen molar-refractivity contribution in [2.75, 3.05) is 4.90 Å². The summed E-state index contributed by atoms with van der Waals surface area (Å²) in [5.74, 6) is 1.27. The van der Waals surface area contributed by atoms with Crippen molar-refractivity contribution in [2.45, 2.75) is 38.1 Å². The van der Waals surface area contributed by atoms with Crippen LogP contribution in [0.25, 0.3) is 0 Å². The van der Waals surface area contributed by atoms with Gasteiger partial charge in [0.2, 0.25) is 11.8 Å². The Morgan fingerprint density at radius 3 is 2.77 bits per heavy atom. The summed E-state index contributed by atoms with van der Waals surface area (Å²) in [6.45, 7) is 2.05. The van der Waals surface area contributed by atoms with E-state index in [0.717, 1.165) is 21.7 Å². The molecule has 1 aliphatic rings. The average Bonchev–Trinajstić information content (AvgIpc) is 3.47. The number of anilines is 1. The summed E-state index contributed by atoms with van der Waals surface area (Å²) < 4.78 is 5.73. The molecule has 0 aliphatic carbocycles. The molecular weight excluding hydrogens is 408 g/mol. The van der Waals surface area contributed by atoms with E-state index in [1.54, 1.807) is 17.5 Å². The minimum atomic E-state index is -0.171. The first-order valence-corrected chi connectivity index (χ1v) is 11.2. The van der Waals surface area contributed by atoms with Gasteiger partial charge in [-0.2, -0.15) is 4.98 Å². The van der Waals surface area contributed by atoms with Crippen molar-refractivity contribution in [3.63, 3.8) is 0 Å². The molecule has 2 atom stereocenters. The first-order valence-electron chi connectivity index (χ1n) is 10.3. The van der Waals surface area contributed by atoms with Crippen LogP contribution in [0.4, 0.5) is 5.69 Å². The Hall–Kier alpha value is -3.32. The summed E-state index contributed by atoms with van der Waals surface area (Å²) in [7, 11) is 0. The highest BCUT2D eigenvalue weighted by Gasteiger charge is 2.41. The van der Waals surface area contributed by atoms with Crippen LogP contribution in [-0.4, -0.2) is 21.0 Å². The highest BCUT2D eigenvalue weighted by molar-refractivity contribution is 7.10. The van der Waals surface area contributed by atoms with Crippen LogP contribution in [0.1, 0.15) is 52.5 Å². The maximum atomic E-state index is 13.1. The molecule has 0 saturated carbocycles. The highest BCUT2D eigenvalue weighted by atomic mass is 32.1. The van der Waals surface area contributed by atoms with Crippen molar-refractivity contribution in [1.29, 1.82) is 0 Å². The van der Waals surface area contributed by atoms with Crippen molar-refractivity contribution >= 4 is 22.9 Å². The van der Waals surface area contributed by atoms with E-state index in [2.05, 4.69) is 16.2 Å². The predicted octanol–water partition coefficient (Wildman–Crippen LogP) is 5.08. The topological polar surface area (TPSA) is 72.1 Å². The molecule has 7 heteroatoms. The first-order chi connectivity index (χ1) is 15.2. The molecule has 4 heterocycles. The Bertz CT molecular complexity index is 1160. The molecule has 0 radical (unpaired) electrons. The van der Waals surface area contributed by atoms with Crippen molar-refractivity contribution in [1.82, 2.24) is 15.1 Å². The number of piperidine rings is 1. The van der Waals surface area contributed by atoms with Gasteiger partial charge >= 0.3 is 0 Å². The maximum absolute atomic E-state index is 13.1. The number of hydrogen-bond donors (Lipinski definition) is 0. The third-order valence-electron chi connectivity index (χ3n) is 5.63. The van der Waals surface area contributed by atoms with Crippen LogP contribution >= 0.6 is 11.3 Å². The van der Waals surface area contributed by atoms with Crippen molar-refractivity contribution in [2.24, 2.45) is 0 Å². The zero-order chi connectivity index (χ0) is 21.2. The van der Waals surface area contributed by atoms with Gasteiger partial charge in [0.05, 0.1) is 12.0 Å². The maximum Gasteiger partial charge on any atom is 0.232 e. The fourth-order valence-corrected chi connectivity index (χ4v) is 5.00. The van der Waals surface area contributed by atoms with Gasteiger partial charge in [0.25, 0.3) is 0 Å². The molecule has 3 aromatic heterocycles. The third-order valence-corrected chi connectivity index (χ3v) is 6.57. The van der Waals surface area contributed by atoms with Crippen molar-refractivity contribution in [3.8, 4) is 0 Å². The molecule has 1 aromatic carbocycles. The lowest BCUT2D eigenvalue weighted by Gasteiger charge is -2.39.